The maximum absolute atomic E-state index is 12.3. The molecule has 0 saturated heterocycles. The van der Waals surface area contributed by atoms with Gasteiger partial charge in [-0.15, -0.1) is 0 Å². The molecule has 0 aliphatic rings. The summed E-state index contributed by atoms with van der Waals surface area (Å²) in [5.74, 6) is 0.446. The van der Waals surface area contributed by atoms with E-state index in [1.54, 1.807) is 30.5 Å². The lowest BCUT2D eigenvalue weighted by atomic mass is 10.2. The van der Waals surface area contributed by atoms with E-state index in [1.807, 2.05) is 37.3 Å². The van der Waals surface area contributed by atoms with Crippen LogP contribution in [0.15, 0.2) is 60.8 Å². The average Bonchev–Trinajstić information content (AvgIpc) is 2.63. The summed E-state index contributed by atoms with van der Waals surface area (Å²) in [6.45, 7) is 2.49. The molecule has 0 unspecified atom stereocenters. The summed E-state index contributed by atoms with van der Waals surface area (Å²) >= 11 is 5.25. The van der Waals surface area contributed by atoms with Crippen LogP contribution >= 0.6 is 12.2 Å². The average molecular weight is 351 g/mol. The minimum absolute atomic E-state index is 0.232. The molecule has 2 aromatic carbocycles. The lowest BCUT2D eigenvalue weighted by molar-refractivity contribution is 0.0977. The van der Waals surface area contributed by atoms with Crippen LogP contribution in [0.2, 0.25) is 0 Å². The van der Waals surface area contributed by atoms with E-state index in [9.17, 15) is 4.79 Å². The van der Waals surface area contributed by atoms with Crippen molar-refractivity contribution in [3.63, 3.8) is 0 Å². The number of anilines is 1. The Morgan fingerprint density at radius 1 is 1.12 bits per heavy atom. The van der Waals surface area contributed by atoms with Crippen LogP contribution < -0.4 is 15.4 Å². The Morgan fingerprint density at radius 2 is 1.92 bits per heavy atom. The molecule has 0 aliphatic heterocycles. The van der Waals surface area contributed by atoms with Crippen molar-refractivity contribution in [2.45, 2.75) is 6.92 Å². The number of nitrogens with zero attached hydrogens (tertiary/aromatic N) is 1. The number of thiocarbonyl (C=S) groups is 1. The van der Waals surface area contributed by atoms with Gasteiger partial charge < -0.3 is 10.1 Å². The number of pyridine rings is 1. The Labute approximate surface area is 151 Å². The predicted molar refractivity (Wildman–Crippen MR) is 103 cm³/mol. The normalized spacial score (nSPS) is 10.3. The van der Waals surface area contributed by atoms with E-state index in [4.69, 9.17) is 17.0 Å². The molecule has 1 aromatic heterocycles. The minimum Gasteiger partial charge on any atom is -0.494 e. The Balaban J connectivity index is 1.68. The molecule has 3 rings (SSSR count). The number of ether oxygens (including phenoxy) is 1. The second-order valence-corrected chi connectivity index (χ2v) is 5.65. The van der Waals surface area contributed by atoms with Crippen LogP contribution in [-0.4, -0.2) is 22.6 Å². The van der Waals surface area contributed by atoms with Gasteiger partial charge in [-0.25, -0.2) is 0 Å². The summed E-state index contributed by atoms with van der Waals surface area (Å²) in [5, 5.41) is 6.90. The Hall–Kier alpha value is -2.99. The first kappa shape index (κ1) is 16.9. The number of fused-ring (bicyclic) bond motifs is 1. The number of rotatable bonds is 4. The van der Waals surface area contributed by atoms with Crippen LogP contribution in [0, 0.1) is 0 Å². The monoisotopic (exact) mass is 351 g/mol. The maximum atomic E-state index is 12.3. The molecule has 0 spiro atoms. The van der Waals surface area contributed by atoms with E-state index in [-0.39, 0.29) is 11.0 Å². The zero-order valence-corrected chi connectivity index (χ0v) is 14.5. The van der Waals surface area contributed by atoms with Gasteiger partial charge in [0, 0.05) is 22.8 Å². The highest BCUT2D eigenvalue weighted by molar-refractivity contribution is 7.80. The molecule has 0 radical (unpaired) electrons. The van der Waals surface area contributed by atoms with Crippen molar-refractivity contribution in [1.82, 2.24) is 10.3 Å². The number of benzene rings is 2. The van der Waals surface area contributed by atoms with Crippen molar-refractivity contribution in [1.29, 1.82) is 0 Å². The van der Waals surface area contributed by atoms with Crippen molar-refractivity contribution in [3.8, 4) is 5.75 Å². The van der Waals surface area contributed by atoms with E-state index in [0.29, 0.717) is 12.2 Å². The fourth-order valence-electron chi connectivity index (χ4n) is 2.41. The van der Waals surface area contributed by atoms with Crippen LogP contribution in [0.1, 0.15) is 17.3 Å². The molecule has 126 valence electrons. The van der Waals surface area contributed by atoms with Crippen LogP contribution in [-0.2, 0) is 0 Å². The van der Waals surface area contributed by atoms with Crippen molar-refractivity contribution < 1.29 is 9.53 Å². The largest absolute Gasteiger partial charge is 0.494 e. The molecule has 3 aromatic rings. The Kier molecular flexibility index (Phi) is 5.20. The zero-order chi connectivity index (χ0) is 17.6. The number of amides is 1. The highest BCUT2D eigenvalue weighted by atomic mass is 32.1. The van der Waals surface area contributed by atoms with E-state index < -0.39 is 0 Å². The van der Waals surface area contributed by atoms with Crippen LogP contribution in [0.3, 0.4) is 0 Å². The Bertz CT molecular complexity index is 905. The van der Waals surface area contributed by atoms with Crippen LogP contribution in [0.25, 0.3) is 10.9 Å². The highest BCUT2D eigenvalue weighted by Gasteiger charge is 2.09. The molecule has 2 N–H and O–H groups in total. The van der Waals surface area contributed by atoms with Crippen molar-refractivity contribution in [3.05, 3.63) is 66.4 Å². The summed E-state index contributed by atoms with van der Waals surface area (Å²) < 4.78 is 5.37. The molecule has 25 heavy (non-hydrogen) atoms. The second kappa shape index (κ2) is 7.72. The van der Waals surface area contributed by atoms with E-state index >= 15 is 0 Å². The number of hydrogen-bond donors (Lipinski definition) is 2. The molecule has 0 bridgehead atoms. The van der Waals surface area contributed by atoms with Gasteiger partial charge in [0.15, 0.2) is 5.11 Å². The molecule has 0 saturated carbocycles. The molecule has 0 aliphatic carbocycles. The summed E-state index contributed by atoms with van der Waals surface area (Å²) in [4.78, 5) is 16.6. The second-order valence-electron chi connectivity index (χ2n) is 5.24. The van der Waals surface area contributed by atoms with Gasteiger partial charge in [-0.3, -0.25) is 15.1 Å². The lowest BCUT2D eigenvalue weighted by Gasteiger charge is -2.12. The van der Waals surface area contributed by atoms with Gasteiger partial charge in [0.25, 0.3) is 5.91 Å². The van der Waals surface area contributed by atoms with Crippen LogP contribution in [0.5, 0.6) is 5.75 Å². The summed E-state index contributed by atoms with van der Waals surface area (Å²) in [6.07, 6.45) is 1.73. The molecule has 1 heterocycles. The molecule has 0 atom stereocenters. The van der Waals surface area contributed by atoms with E-state index in [1.165, 1.54) is 0 Å². The summed E-state index contributed by atoms with van der Waals surface area (Å²) in [5.41, 5.74) is 2.16. The minimum atomic E-state index is -0.279. The fourth-order valence-corrected chi connectivity index (χ4v) is 2.61. The fraction of sp³-hybridized carbons (Fsp3) is 0.105. The van der Waals surface area contributed by atoms with E-state index in [0.717, 1.165) is 22.3 Å². The standard InChI is InChI=1S/C19H17N3O2S/c1-2-24-14-10-8-13(9-11-14)18(23)22-19(25)21-17-7-3-6-16-15(17)5-4-12-20-16/h3-12H,2H2,1H3,(H2,21,22,23,25). The molecular formula is C19H17N3O2S. The van der Waals surface area contributed by atoms with Gasteiger partial charge in [-0.1, -0.05) is 6.07 Å². The Morgan fingerprint density at radius 3 is 2.68 bits per heavy atom. The first-order chi connectivity index (χ1) is 12.2. The molecule has 0 fully saturated rings. The molecule has 1 amide bonds. The van der Waals surface area contributed by atoms with Crippen LogP contribution in [0.4, 0.5) is 5.69 Å². The predicted octanol–water partition coefficient (Wildman–Crippen LogP) is 3.76. The lowest BCUT2D eigenvalue weighted by Crippen LogP contribution is -2.34. The van der Waals surface area contributed by atoms with Gasteiger partial charge in [0.2, 0.25) is 0 Å². The first-order valence-corrected chi connectivity index (χ1v) is 8.27. The zero-order valence-electron chi connectivity index (χ0n) is 13.7. The SMILES string of the molecule is CCOc1ccc(C(=O)NC(=S)Nc2cccc3ncccc23)cc1. The van der Waals surface area contributed by atoms with Gasteiger partial charge in [-0.05, 0) is 67.7 Å². The highest BCUT2D eigenvalue weighted by Crippen LogP contribution is 2.21. The topological polar surface area (TPSA) is 63.2 Å². The maximum Gasteiger partial charge on any atom is 0.257 e. The van der Waals surface area contributed by atoms with Gasteiger partial charge >= 0.3 is 0 Å². The summed E-state index contributed by atoms with van der Waals surface area (Å²) in [6, 6.07) is 16.4. The smallest absolute Gasteiger partial charge is 0.257 e. The number of nitrogens with one attached hydrogen (secondary N) is 2. The van der Waals surface area contributed by atoms with Gasteiger partial charge in [0.1, 0.15) is 5.75 Å². The van der Waals surface area contributed by atoms with Crippen molar-refractivity contribution in [2.75, 3.05) is 11.9 Å². The first-order valence-electron chi connectivity index (χ1n) is 7.86. The van der Waals surface area contributed by atoms with Crippen molar-refractivity contribution >= 4 is 39.8 Å². The van der Waals surface area contributed by atoms with Gasteiger partial charge in [-0.2, -0.15) is 0 Å². The number of carbonyl (C=O) groups excluding carboxylic acids is 1. The molecular weight excluding hydrogens is 334 g/mol. The van der Waals surface area contributed by atoms with E-state index in [2.05, 4.69) is 15.6 Å². The number of hydrogen-bond acceptors (Lipinski definition) is 4. The summed E-state index contributed by atoms with van der Waals surface area (Å²) in [7, 11) is 0. The third-order valence-electron chi connectivity index (χ3n) is 3.55. The number of aromatic nitrogens is 1. The molecule has 6 heteroatoms. The third-order valence-corrected chi connectivity index (χ3v) is 3.75. The third kappa shape index (κ3) is 4.10. The van der Waals surface area contributed by atoms with Gasteiger partial charge in [0.05, 0.1) is 12.1 Å². The molecule has 5 nitrogen and oxygen atoms in total. The quantitative estimate of drug-likeness (QED) is 0.701. The van der Waals surface area contributed by atoms with Crippen molar-refractivity contribution in [2.24, 2.45) is 0 Å². The number of carbonyl (C=O) groups is 1.